The lowest BCUT2D eigenvalue weighted by Crippen LogP contribution is -2.40. The van der Waals surface area contributed by atoms with Crippen LogP contribution in [0.5, 0.6) is 0 Å². The molecule has 2 fully saturated rings. The lowest BCUT2D eigenvalue weighted by Gasteiger charge is -2.22. The number of carbonyl (C=O) groups excluding carboxylic acids is 1. The molecule has 4 heteroatoms. The zero-order chi connectivity index (χ0) is 12.8. The van der Waals surface area contributed by atoms with Gasteiger partial charge in [-0.05, 0) is 32.3 Å². The predicted molar refractivity (Wildman–Crippen MR) is 70.3 cm³/mol. The molecular weight excluding hydrogens is 226 g/mol. The summed E-state index contributed by atoms with van der Waals surface area (Å²) >= 11 is 0. The van der Waals surface area contributed by atoms with Crippen molar-refractivity contribution in [3.63, 3.8) is 0 Å². The maximum atomic E-state index is 12.2. The fourth-order valence-corrected chi connectivity index (χ4v) is 2.17. The number of nitrogens with one attached hydrogen (secondary N) is 2. The molecule has 1 heterocycles. The Hall–Kier alpha value is -1.84. The quantitative estimate of drug-likeness (QED) is 0.826. The number of rotatable bonds is 2. The summed E-state index contributed by atoms with van der Waals surface area (Å²) < 4.78 is 0. The molecule has 1 aromatic carbocycles. The Kier molecular flexibility index (Phi) is 2.40. The molecular formula is C14H17N3O. The average molecular weight is 243 g/mol. The number of guanidine groups is 1. The lowest BCUT2D eigenvalue weighted by molar-refractivity contribution is -0.123. The van der Waals surface area contributed by atoms with E-state index in [4.69, 9.17) is 0 Å². The fraction of sp³-hybridized carbons (Fsp3) is 0.429. The zero-order valence-corrected chi connectivity index (χ0v) is 10.7. The van der Waals surface area contributed by atoms with Crippen molar-refractivity contribution < 1.29 is 4.79 Å². The van der Waals surface area contributed by atoms with E-state index in [-0.39, 0.29) is 5.91 Å². The molecule has 3 rings (SSSR count). The van der Waals surface area contributed by atoms with Crippen LogP contribution in [-0.2, 0) is 10.3 Å². The van der Waals surface area contributed by atoms with E-state index in [2.05, 4.69) is 15.6 Å². The second-order valence-electron chi connectivity index (χ2n) is 5.28. The van der Waals surface area contributed by atoms with Crippen LogP contribution in [0.25, 0.3) is 0 Å². The van der Waals surface area contributed by atoms with Gasteiger partial charge in [0.15, 0.2) is 5.96 Å². The smallest absolute Gasteiger partial charge is 0.256 e. The molecule has 1 aromatic rings. The molecule has 1 unspecified atom stereocenters. The molecule has 1 amide bonds. The maximum Gasteiger partial charge on any atom is 0.256 e. The van der Waals surface area contributed by atoms with Crippen LogP contribution in [-0.4, -0.2) is 17.9 Å². The van der Waals surface area contributed by atoms with Gasteiger partial charge in [0.25, 0.3) is 5.91 Å². The van der Waals surface area contributed by atoms with Gasteiger partial charge in [-0.1, -0.05) is 29.8 Å². The van der Waals surface area contributed by atoms with E-state index in [0.717, 1.165) is 24.0 Å². The van der Waals surface area contributed by atoms with Gasteiger partial charge in [0.05, 0.1) is 6.04 Å². The summed E-state index contributed by atoms with van der Waals surface area (Å²) in [4.78, 5) is 16.6. The molecule has 0 bridgehead atoms. The third-order valence-corrected chi connectivity index (χ3v) is 3.51. The van der Waals surface area contributed by atoms with Crippen LogP contribution in [0.1, 0.15) is 30.9 Å². The summed E-state index contributed by atoms with van der Waals surface area (Å²) in [6.07, 6.45) is 2.25. The SMILES string of the molecule is Cc1cccc(C2(C)NC(=NC3CC3)NC2=O)c1. The highest BCUT2D eigenvalue weighted by atomic mass is 16.2. The number of aliphatic imine (C=N–C) groups is 1. The summed E-state index contributed by atoms with van der Waals surface area (Å²) in [7, 11) is 0. The second kappa shape index (κ2) is 3.83. The number of nitrogens with zero attached hydrogens (tertiary/aromatic N) is 1. The largest absolute Gasteiger partial charge is 0.338 e. The lowest BCUT2D eigenvalue weighted by atomic mass is 9.91. The van der Waals surface area contributed by atoms with Crippen molar-refractivity contribution in [2.75, 3.05) is 0 Å². The Bertz CT molecular complexity index is 534. The van der Waals surface area contributed by atoms with E-state index in [1.807, 2.05) is 38.1 Å². The molecule has 0 spiro atoms. The zero-order valence-electron chi connectivity index (χ0n) is 10.7. The Balaban J connectivity index is 1.92. The molecule has 1 saturated carbocycles. The van der Waals surface area contributed by atoms with Crippen LogP contribution in [0.2, 0.25) is 0 Å². The minimum atomic E-state index is -0.709. The van der Waals surface area contributed by atoms with Gasteiger partial charge in [-0.25, -0.2) is 4.99 Å². The summed E-state index contributed by atoms with van der Waals surface area (Å²) in [6, 6.07) is 8.40. The summed E-state index contributed by atoms with van der Waals surface area (Å²) in [6.45, 7) is 3.92. The fourth-order valence-electron chi connectivity index (χ4n) is 2.17. The Morgan fingerprint density at radius 1 is 1.39 bits per heavy atom. The summed E-state index contributed by atoms with van der Waals surface area (Å²) in [5, 5.41) is 6.05. The third kappa shape index (κ3) is 1.88. The maximum absolute atomic E-state index is 12.2. The Morgan fingerprint density at radius 2 is 2.17 bits per heavy atom. The third-order valence-electron chi connectivity index (χ3n) is 3.51. The van der Waals surface area contributed by atoms with Crippen molar-refractivity contribution in [1.82, 2.24) is 10.6 Å². The molecule has 4 nitrogen and oxygen atoms in total. The van der Waals surface area contributed by atoms with E-state index in [9.17, 15) is 4.79 Å². The van der Waals surface area contributed by atoms with Crippen molar-refractivity contribution in [1.29, 1.82) is 0 Å². The van der Waals surface area contributed by atoms with Gasteiger partial charge in [-0.2, -0.15) is 0 Å². The minimum absolute atomic E-state index is 0.0347. The minimum Gasteiger partial charge on any atom is -0.338 e. The van der Waals surface area contributed by atoms with Gasteiger partial charge in [0.2, 0.25) is 0 Å². The first-order chi connectivity index (χ1) is 8.58. The van der Waals surface area contributed by atoms with E-state index in [0.29, 0.717) is 12.0 Å². The van der Waals surface area contributed by atoms with Crippen molar-refractivity contribution >= 4 is 11.9 Å². The van der Waals surface area contributed by atoms with Gasteiger partial charge in [-0.3, -0.25) is 10.1 Å². The molecule has 2 N–H and O–H groups in total. The first kappa shape index (κ1) is 11.3. The molecule has 18 heavy (non-hydrogen) atoms. The average Bonchev–Trinajstić information content (AvgIpc) is 3.07. The number of hydrogen-bond acceptors (Lipinski definition) is 2. The van der Waals surface area contributed by atoms with Crippen molar-refractivity contribution in [2.24, 2.45) is 4.99 Å². The van der Waals surface area contributed by atoms with E-state index < -0.39 is 5.54 Å². The van der Waals surface area contributed by atoms with Gasteiger partial charge in [-0.15, -0.1) is 0 Å². The van der Waals surface area contributed by atoms with Crippen molar-refractivity contribution in [3.8, 4) is 0 Å². The number of carbonyl (C=O) groups is 1. The van der Waals surface area contributed by atoms with Crippen LogP contribution < -0.4 is 10.6 Å². The number of benzene rings is 1. The summed E-state index contributed by atoms with van der Waals surface area (Å²) in [5.41, 5.74) is 1.41. The first-order valence-corrected chi connectivity index (χ1v) is 6.32. The highest BCUT2D eigenvalue weighted by Gasteiger charge is 2.42. The highest BCUT2D eigenvalue weighted by Crippen LogP contribution is 2.27. The number of amides is 1. The topological polar surface area (TPSA) is 53.5 Å². The van der Waals surface area contributed by atoms with Crippen molar-refractivity contribution in [2.45, 2.75) is 38.3 Å². The van der Waals surface area contributed by atoms with Crippen LogP contribution >= 0.6 is 0 Å². The van der Waals surface area contributed by atoms with E-state index >= 15 is 0 Å². The molecule has 0 radical (unpaired) electrons. The first-order valence-electron chi connectivity index (χ1n) is 6.32. The van der Waals surface area contributed by atoms with Crippen molar-refractivity contribution in [3.05, 3.63) is 35.4 Å². The number of hydrogen-bond donors (Lipinski definition) is 2. The molecule has 1 saturated heterocycles. The van der Waals surface area contributed by atoms with Gasteiger partial charge in [0, 0.05) is 0 Å². The van der Waals surface area contributed by atoms with Crippen LogP contribution in [0.4, 0.5) is 0 Å². The van der Waals surface area contributed by atoms with Crippen LogP contribution in [0.3, 0.4) is 0 Å². The normalized spacial score (nSPS) is 29.2. The molecule has 1 aliphatic carbocycles. The van der Waals surface area contributed by atoms with E-state index in [1.165, 1.54) is 0 Å². The van der Waals surface area contributed by atoms with Crippen LogP contribution in [0, 0.1) is 6.92 Å². The molecule has 0 aromatic heterocycles. The van der Waals surface area contributed by atoms with E-state index in [1.54, 1.807) is 0 Å². The monoisotopic (exact) mass is 243 g/mol. The van der Waals surface area contributed by atoms with Gasteiger partial charge < -0.3 is 5.32 Å². The second-order valence-corrected chi connectivity index (χ2v) is 5.28. The van der Waals surface area contributed by atoms with Gasteiger partial charge >= 0.3 is 0 Å². The summed E-state index contributed by atoms with van der Waals surface area (Å²) in [5.74, 6) is 0.582. The Morgan fingerprint density at radius 3 is 2.83 bits per heavy atom. The Labute approximate surface area is 106 Å². The predicted octanol–water partition coefficient (Wildman–Crippen LogP) is 1.45. The number of aryl methyl sites for hydroxylation is 1. The molecule has 94 valence electrons. The van der Waals surface area contributed by atoms with Gasteiger partial charge in [0.1, 0.15) is 5.54 Å². The standard InChI is InChI=1S/C14H17N3O/c1-9-4-3-5-10(8-9)14(2)12(18)16-13(17-14)15-11-6-7-11/h3-5,8,11H,6-7H2,1-2H3,(H2,15,16,17,18). The highest BCUT2D eigenvalue weighted by molar-refractivity contribution is 6.09. The van der Waals surface area contributed by atoms with Crippen LogP contribution in [0.15, 0.2) is 29.3 Å². The molecule has 1 atom stereocenters. The molecule has 1 aliphatic heterocycles. The molecule has 2 aliphatic rings.